The van der Waals surface area contributed by atoms with Crippen LogP contribution in [0.25, 0.3) is 11.3 Å². The van der Waals surface area contributed by atoms with Crippen LogP contribution in [0.15, 0.2) is 54.7 Å². The molecule has 0 spiro atoms. The minimum atomic E-state index is -0.581. The highest BCUT2D eigenvalue weighted by molar-refractivity contribution is 5.61. The number of nitrogens with one attached hydrogen (secondary N) is 2. The van der Waals surface area contributed by atoms with Crippen molar-refractivity contribution in [2.45, 2.75) is 19.0 Å². The molecule has 164 valence electrons. The number of aromatic nitrogens is 2. The molecule has 2 aromatic carbocycles. The van der Waals surface area contributed by atoms with Gasteiger partial charge < -0.3 is 5.32 Å². The van der Waals surface area contributed by atoms with Crippen LogP contribution in [-0.2, 0) is 13.0 Å². The maximum absolute atomic E-state index is 13.3. The summed E-state index contributed by atoms with van der Waals surface area (Å²) < 4.78 is 26.7. The van der Waals surface area contributed by atoms with Crippen molar-refractivity contribution in [3.05, 3.63) is 77.5 Å². The van der Waals surface area contributed by atoms with Crippen LogP contribution in [0.2, 0.25) is 0 Å². The van der Waals surface area contributed by atoms with Crippen LogP contribution in [0, 0.1) is 23.0 Å². The van der Waals surface area contributed by atoms with Crippen molar-refractivity contribution in [2.75, 3.05) is 31.5 Å². The molecule has 3 aromatic rings. The number of piperazine rings is 1. The molecule has 1 aromatic heterocycles. The quantitative estimate of drug-likeness (QED) is 0.594. The zero-order valence-corrected chi connectivity index (χ0v) is 17.6. The Hall–Kier alpha value is -3.41. The van der Waals surface area contributed by atoms with Gasteiger partial charge in [-0.3, -0.25) is 10.2 Å². The summed E-state index contributed by atoms with van der Waals surface area (Å²) in [5, 5.41) is 15.5. The number of nitriles is 1. The van der Waals surface area contributed by atoms with Gasteiger partial charge >= 0.3 is 0 Å². The van der Waals surface area contributed by atoms with E-state index >= 15 is 0 Å². The van der Waals surface area contributed by atoms with Crippen molar-refractivity contribution in [2.24, 2.45) is 0 Å². The van der Waals surface area contributed by atoms with E-state index in [9.17, 15) is 8.78 Å². The lowest BCUT2D eigenvalue weighted by molar-refractivity contribution is 0.212. The fourth-order valence-electron chi connectivity index (χ4n) is 3.81. The molecule has 32 heavy (non-hydrogen) atoms. The molecule has 2 N–H and O–H groups in total. The topological polar surface area (TPSA) is 76.9 Å². The number of halogens is 2. The average Bonchev–Trinajstić information content (AvgIpc) is 2.79. The van der Waals surface area contributed by atoms with E-state index < -0.39 is 11.6 Å². The Balaban J connectivity index is 1.39. The molecule has 1 atom stereocenters. The van der Waals surface area contributed by atoms with Gasteiger partial charge in [-0.05, 0) is 41.8 Å². The summed E-state index contributed by atoms with van der Waals surface area (Å²) in [5.74, 6) is -0.701. The second-order valence-corrected chi connectivity index (χ2v) is 7.79. The number of hydrogen-bond acceptors (Lipinski definition) is 6. The van der Waals surface area contributed by atoms with Crippen LogP contribution < -0.4 is 10.6 Å². The number of anilines is 1. The fraction of sp³-hybridized carbons (Fsp3) is 0.292. The van der Waals surface area contributed by atoms with Crippen LogP contribution in [0.4, 0.5) is 14.7 Å². The molecular formula is C24H24F2N6. The van der Waals surface area contributed by atoms with E-state index in [1.165, 1.54) is 12.1 Å². The third kappa shape index (κ3) is 5.84. The summed E-state index contributed by atoms with van der Waals surface area (Å²) in [7, 11) is 0. The molecule has 4 rings (SSSR count). The van der Waals surface area contributed by atoms with Crippen LogP contribution >= 0.6 is 0 Å². The second-order valence-electron chi connectivity index (χ2n) is 7.79. The van der Waals surface area contributed by atoms with E-state index in [0.29, 0.717) is 31.0 Å². The predicted molar refractivity (Wildman–Crippen MR) is 119 cm³/mol. The zero-order valence-electron chi connectivity index (χ0n) is 17.6. The summed E-state index contributed by atoms with van der Waals surface area (Å²) in [6, 6.07) is 15.7. The largest absolute Gasteiger partial charge is 0.354 e. The van der Waals surface area contributed by atoms with Crippen molar-refractivity contribution in [1.29, 1.82) is 5.26 Å². The highest BCUT2D eigenvalue weighted by Crippen LogP contribution is 2.20. The minimum absolute atomic E-state index is 0.133. The van der Waals surface area contributed by atoms with Crippen molar-refractivity contribution in [3.8, 4) is 17.3 Å². The molecule has 0 bridgehead atoms. The SMILES string of the molecule is N#CC1CN(Cc2cccc(-c3ccnc(NCCc4cc(F)cc(F)c4)n3)c2)CCN1. The molecule has 6 nitrogen and oxygen atoms in total. The normalized spacial score (nSPS) is 16.5. The third-order valence-electron chi connectivity index (χ3n) is 5.32. The highest BCUT2D eigenvalue weighted by atomic mass is 19.1. The Labute approximate surface area is 185 Å². The highest BCUT2D eigenvalue weighted by Gasteiger charge is 2.18. The van der Waals surface area contributed by atoms with Gasteiger partial charge in [0.2, 0.25) is 5.95 Å². The monoisotopic (exact) mass is 434 g/mol. The molecule has 1 aliphatic rings. The standard InChI is InChI=1S/C24H24F2N6/c25-20-11-17(12-21(26)13-20)4-6-29-24-30-7-5-23(31-24)19-3-1-2-18(10-19)15-32-9-8-28-22(14-27)16-32/h1-3,5,7,10-13,22,28H,4,6,8-9,15-16H2,(H,29,30,31). The molecule has 0 saturated carbocycles. The van der Waals surface area contributed by atoms with E-state index in [4.69, 9.17) is 5.26 Å². The van der Waals surface area contributed by atoms with Gasteiger partial charge in [0.15, 0.2) is 0 Å². The van der Waals surface area contributed by atoms with E-state index in [2.05, 4.69) is 43.7 Å². The Morgan fingerprint density at radius 2 is 1.97 bits per heavy atom. The first-order valence-electron chi connectivity index (χ1n) is 10.6. The van der Waals surface area contributed by atoms with Crippen LogP contribution in [-0.4, -0.2) is 47.1 Å². The Morgan fingerprint density at radius 1 is 1.12 bits per heavy atom. The van der Waals surface area contributed by atoms with Gasteiger partial charge in [0.25, 0.3) is 0 Å². The van der Waals surface area contributed by atoms with Crippen molar-refractivity contribution >= 4 is 5.95 Å². The lowest BCUT2D eigenvalue weighted by Gasteiger charge is -2.30. The summed E-state index contributed by atoms with van der Waals surface area (Å²) in [5.41, 5.74) is 3.50. The number of rotatable bonds is 7. The molecule has 0 aliphatic carbocycles. The lowest BCUT2D eigenvalue weighted by atomic mass is 10.1. The van der Waals surface area contributed by atoms with Gasteiger partial charge in [-0.2, -0.15) is 5.26 Å². The van der Waals surface area contributed by atoms with Crippen molar-refractivity contribution < 1.29 is 8.78 Å². The number of hydrogen-bond donors (Lipinski definition) is 2. The van der Waals surface area contributed by atoms with Gasteiger partial charge in [0.05, 0.1) is 11.8 Å². The van der Waals surface area contributed by atoms with E-state index in [1.54, 1.807) is 6.20 Å². The van der Waals surface area contributed by atoms with Gasteiger partial charge in [-0.1, -0.05) is 18.2 Å². The first-order valence-corrected chi connectivity index (χ1v) is 10.6. The summed E-state index contributed by atoms with van der Waals surface area (Å²) in [4.78, 5) is 11.1. The number of nitrogens with zero attached hydrogens (tertiary/aromatic N) is 4. The minimum Gasteiger partial charge on any atom is -0.354 e. The average molecular weight is 434 g/mol. The first-order chi connectivity index (χ1) is 15.6. The smallest absolute Gasteiger partial charge is 0.223 e. The molecule has 1 aliphatic heterocycles. The molecule has 1 unspecified atom stereocenters. The van der Waals surface area contributed by atoms with Crippen molar-refractivity contribution in [1.82, 2.24) is 20.2 Å². The Kier molecular flexibility index (Phi) is 7.00. The van der Waals surface area contributed by atoms with Gasteiger partial charge in [0, 0.05) is 50.6 Å². The molecule has 1 saturated heterocycles. The molecule has 2 heterocycles. The predicted octanol–water partition coefficient (Wildman–Crippen LogP) is 3.37. The van der Waals surface area contributed by atoms with Crippen LogP contribution in [0.5, 0.6) is 0 Å². The van der Waals surface area contributed by atoms with Gasteiger partial charge in [-0.15, -0.1) is 0 Å². The number of benzene rings is 2. The van der Waals surface area contributed by atoms with E-state index in [0.717, 1.165) is 42.5 Å². The van der Waals surface area contributed by atoms with Crippen LogP contribution in [0.3, 0.4) is 0 Å². The molecule has 8 heteroatoms. The van der Waals surface area contributed by atoms with Gasteiger partial charge in [-0.25, -0.2) is 18.7 Å². The maximum atomic E-state index is 13.3. The van der Waals surface area contributed by atoms with E-state index in [-0.39, 0.29) is 6.04 Å². The maximum Gasteiger partial charge on any atom is 0.223 e. The molecular weight excluding hydrogens is 410 g/mol. The molecule has 0 radical (unpaired) electrons. The van der Waals surface area contributed by atoms with Gasteiger partial charge in [0.1, 0.15) is 17.7 Å². The second kappa shape index (κ2) is 10.3. The van der Waals surface area contributed by atoms with E-state index in [1.807, 2.05) is 18.2 Å². The Bertz CT molecular complexity index is 1090. The summed E-state index contributed by atoms with van der Waals surface area (Å²) in [6.07, 6.45) is 2.14. The third-order valence-corrected chi connectivity index (χ3v) is 5.32. The first kappa shape index (κ1) is 21.8. The lowest BCUT2D eigenvalue weighted by Crippen LogP contribution is -2.49. The molecule has 0 amide bonds. The van der Waals surface area contributed by atoms with Crippen LogP contribution in [0.1, 0.15) is 11.1 Å². The summed E-state index contributed by atoms with van der Waals surface area (Å²) >= 11 is 0. The zero-order chi connectivity index (χ0) is 22.3. The Morgan fingerprint density at radius 3 is 2.78 bits per heavy atom. The molecule has 1 fully saturated rings. The summed E-state index contributed by atoms with van der Waals surface area (Å²) in [6.45, 7) is 3.64. The fourth-order valence-corrected chi connectivity index (χ4v) is 3.81. The van der Waals surface area contributed by atoms with Crippen molar-refractivity contribution in [3.63, 3.8) is 0 Å².